The van der Waals surface area contributed by atoms with Crippen LogP contribution in [-0.2, 0) is 0 Å². The van der Waals surface area contributed by atoms with Crippen molar-refractivity contribution in [1.82, 2.24) is 14.9 Å². The van der Waals surface area contributed by atoms with Crippen molar-refractivity contribution in [2.24, 2.45) is 11.8 Å². The van der Waals surface area contributed by atoms with Crippen LogP contribution in [0.5, 0.6) is 0 Å². The Kier molecular flexibility index (Phi) is 4.73. The molecule has 2 rings (SSSR count). The summed E-state index contributed by atoms with van der Waals surface area (Å²) >= 11 is 3.44. The highest BCUT2D eigenvalue weighted by molar-refractivity contribution is 9.10. The molecule has 0 amide bonds. The molecule has 6 nitrogen and oxygen atoms in total. The topological polar surface area (TPSA) is 79.1 Å². The monoisotopic (exact) mass is 314 g/mol. The molecule has 2 heterocycles. The van der Waals surface area contributed by atoms with Gasteiger partial charge in [0.25, 0.3) is 0 Å². The zero-order chi connectivity index (χ0) is 13.0. The van der Waals surface area contributed by atoms with Crippen molar-refractivity contribution in [2.45, 2.75) is 13.3 Å². The maximum atomic E-state index is 5.37. The van der Waals surface area contributed by atoms with Crippen LogP contribution < -0.4 is 16.6 Å². The zero-order valence-electron chi connectivity index (χ0n) is 10.5. The van der Waals surface area contributed by atoms with Crippen molar-refractivity contribution < 1.29 is 0 Å². The summed E-state index contributed by atoms with van der Waals surface area (Å²) in [6, 6.07) is 0. The van der Waals surface area contributed by atoms with E-state index in [0.717, 1.165) is 29.9 Å². The quantitative estimate of drug-likeness (QED) is 0.561. The van der Waals surface area contributed by atoms with Crippen molar-refractivity contribution in [3.63, 3.8) is 0 Å². The number of anilines is 2. The minimum absolute atomic E-state index is 0.592. The van der Waals surface area contributed by atoms with Gasteiger partial charge in [0.05, 0.1) is 0 Å². The number of nitrogen functional groups attached to an aromatic ring is 1. The molecule has 4 N–H and O–H groups in total. The first-order valence-corrected chi connectivity index (χ1v) is 6.97. The van der Waals surface area contributed by atoms with Gasteiger partial charge in [-0.05, 0) is 41.4 Å². The Morgan fingerprint density at radius 1 is 1.50 bits per heavy atom. The van der Waals surface area contributed by atoms with Crippen LogP contribution in [0.25, 0.3) is 0 Å². The summed E-state index contributed by atoms with van der Waals surface area (Å²) in [7, 11) is 0. The predicted molar refractivity (Wildman–Crippen MR) is 76.3 cm³/mol. The van der Waals surface area contributed by atoms with Crippen LogP contribution >= 0.6 is 15.9 Å². The highest BCUT2D eigenvalue weighted by Gasteiger charge is 2.21. The van der Waals surface area contributed by atoms with Crippen LogP contribution in [0.1, 0.15) is 13.3 Å². The molecule has 0 aliphatic carbocycles. The summed E-state index contributed by atoms with van der Waals surface area (Å²) in [6.07, 6.45) is 2.74. The number of likely N-dealkylation sites (tertiary alicyclic amines) is 1. The fourth-order valence-corrected chi connectivity index (χ4v) is 2.66. The maximum Gasteiger partial charge on any atom is 0.159 e. The lowest BCUT2D eigenvalue weighted by Gasteiger charge is -2.15. The fraction of sp³-hybridized carbons (Fsp3) is 0.636. The van der Waals surface area contributed by atoms with E-state index in [-0.39, 0.29) is 0 Å². The number of nitrogens with two attached hydrogens (primary N) is 1. The van der Waals surface area contributed by atoms with Gasteiger partial charge in [0.1, 0.15) is 16.6 Å². The second kappa shape index (κ2) is 6.31. The van der Waals surface area contributed by atoms with E-state index in [1.54, 1.807) is 0 Å². The van der Waals surface area contributed by atoms with Gasteiger partial charge in [0.15, 0.2) is 5.82 Å². The van der Waals surface area contributed by atoms with Crippen molar-refractivity contribution in [1.29, 1.82) is 0 Å². The molecule has 1 unspecified atom stereocenters. The zero-order valence-corrected chi connectivity index (χ0v) is 12.1. The first-order valence-electron chi connectivity index (χ1n) is 6.18. The highest BCUT2D eigenvalue weighted by Crippen LogP contribution is 2.26. The van der Waals surface area contributed by atoms with Crippen LogP contribution in [0, 0.1) is 5.92 Å². The molecule has 1 aromatic heterocycles. The fourth-order valence-electron chi connectivity index (χ4n) is 2.20. The van der Waals surface area contributed by atoms with Crippen molar-refractivity contribution in [2.75, 3.05) is 36.9 Å². The van der Waals surface area contributed by atoms with Gasteiger partial charge in [-0.2, -0.15) is 0 Å². The molecule has 1 atom stereocenters. The molecular weight excluding hydrogens is 296 g/mol. The summed E-state index contributed by atoms with van der Waals surface area (Å²) in [5.74, 6) is 7.43. The molecule has 100 valence electrons. The number of halogens is 1. The van der Waals surface area contributed by atoms with Gasteiger partial charge in [0, 0.05) is 13.1 Å². The van der Waals surface area contributed by atoms with Gasteiger partial charge in [0.2, 0.25) is 0 Å². The van der Waals surface area contributed by atoms with Crippen LogP contribution in [0.3, 0.4) is 0 Å². The molecule has 0 bridgehead atoms. The predicted octanol–water partition coefficient (Wildman–Crippen LogP) is 1.28. The lowest BCUT2D eigenvalue weighted by atomic mass is 10.1. The van der Waals surface area contributed by atoms with E-state index in [2.05, 4.69) is 48.5 Å². The molecule has 1 aromatic rings. The SMILES string of the molecule is CCN1CCC(CNc2ncnc(NN)c2Br)C1. The molecule has 0 spiro atoms. The van der Waals surface area contributed by atoms with Crippen LogP contribution in [-0.4, -0.2) is 41.0 Å². The van der Waals surface area contributed by atoms with Crippen LogP contribution in [0.4, 0.5) is 11.6 Å². The maximum absolute atomic E-state index is 5.37. The van der Waals surface area contributed by atoms with E-state index in [4.69, 9.17) is 5.84 Å². The molecule has 7 heteroatoms. The van der Waals surface area contributed by atoms with Crippen molar-refractivity contribution in [3.05, 3.63) is 10.8 Å². The normalized spacial score (nSPS) is 20.1. The third-order valence-electron chi connectivity index (χ3n) is 3.30. The standard InChI is InChI=1S/C11H19BrN6/c1-2-18-4-3-8(6-18)5-14-10-9(12)11(17-13)16-7-15-10/h7-8H,2-6,13H2,1H3,(H2,14,15,16,17). The number of hydrogen-bond acceptors (Lipinski definition) is 6. The van der Waals surface area contributed by atoms with E-state index < -0.39 is 0 Å². The molecule has 1 aliphatic heterocycles. The Morgan fingerprint density at radius 2 is 2.28 bits per heavy atom. The Hall–Kier alpha value is -0.920. The summed E-state index contributed by atoms with van der Waals surface area (Å²) < 4.78 is 0.776. The molecule has 1 aliphatic rings. The lowest BCUT2D eigenvalue weighted by molar-refractivity contribution is 0.345. The largest absolute Gasteiger partial charge is 0.369 e. The summed E-state index contributed by atoms with van der Waals surface area (Å²) in [5, 5.41) is 3.35. The van der Waals surface area contributed by atoms with E-state index >= 15 is 0 Å². The average Bonchev–Trinajstić information content (AvgIpc) is 2.85. The van der Waals surface area contributed by atoms with E-state index in [0.29, 0.717) is 11.7 Å². The van der Waals surface area contributed by atoms with Crippen LogP contribution in [0.2, 0.25) is 0 Å². The number of nitrogens with zero attached hydrogens (tertiary/aromatic N) is 3. The van der Waals surface area contributed by atoms with Gasteiger partial charge in [-0.1, -0.05) is 6.92 Å². The second-order valence-electron chi connectivity index (χ2n) is 4.46. The smallest absolute Gasteiger partial charge is 0.159 e. The minimum atomic E-state index is 0.592. The second-order valence-corrected chi connectivity index (χ2v) is 5.25. The third-order valence-corrected chi connectivity index (χ3v) is 4.05. The Morgan fingerprint density at radius 3 is 2.94 bits per heavy atom. The number of hydrazine groups is 1. The minimum Gasteiger partial charge on any atom is -0.369 e. The van der Waals surface area contributed by atoms with Crippen LogP contribution in [0.15, 0.2) is 10.8 Å². The van der Waals surface area contributed by atoms with E-state index in [1.807, 2.05) is 0 Å². The summed E-state index contributed by atoms with van der Waals surface area (Å²) in [5.41, 5.74) is 2.53. The molecule has 0 saturated carbocycles. The van der Waals surface area contributed by atoms with Gasteiger partial charge in [-0.25, -0.2) is 15.8 Å². The van der Waals surface area contributed by atoms with Gasteiger partial charge < -0.3 is 15.6 Å². The Balaban J connectivity index is 1.91. The van der Waals surface area contributed by atoms with Crippen molar-refractivity contribution >= 4 is 27.6 Å². The third kappa shape index (κ3) is 3.09. The summed E-state index contributed by atoms with van der Waals surface area (Å²) in [4.78, 5) is 10.7. The number of rotatable bonds is 5. The summed E-state index contributed by atoms with van der Waals surface area (Å²) in [6.45, 7) is 6.62. The van der Waals surface area contributed by atoms with Crippen molar-refractivity contribution in [3.8, 4) is 0 Å². The average molecular weight is 315 g/mol. The lowest BCUT2D eigenvalue weighted by Crippen LogP contribution is -2.23. The molecule has 0 aromatic carbocycles. The molecular formula is C11H19BrN6. The molecule has 0 radical (unpaired) electrons. The molecule has 18 heavy (non-hydrogen) atoms. The van der Waals surface area contributed by atoms with Gasteiger partial charge in [-0.15, -0.1) is 0 Å². The number of nitrogens with one attached hydrogen (secondary N) is 2. The molecule has 1 saturated heterocycles. The number of hydrogen-bond donors (Lipinski definition) is 3. The first-order chi connectivity index (χ1) is 8.74. The van der Waals surface area contributed by atoms with Gasteiger partial charge in [-0.3, -0.25) is 0 Å². The van der Waals surface area contributed by atoms with E-state index in [9.17, 15) is 0 Å². The first kappa shape index (κ1) is 13.5. The highest BCUT2D eigenvalue weighted by atomic mass is 79.9. The number of aromatic nitrogens is 2. The molecule has 1 fully saturated rings. The Labute approximate surface area is 115 Å². The van der Waals surface area contributed by atoms with Gasteiger partial charge >= 0.3 is 0 Å². The Bertz CT molecular complexity index is 399. The van der Waals surface area contributed by atoms with E-state index in [1.165, 1.54) is 19.3 Å².